The maximum Gasteiger partial charge on any atom is 0.389 e. The van der Waals surface area contributed by atoms with Gasteiger partial charge in [0.1, 0.15) is 6.26 Å². The number of aryl methyl sites for hydroxylation is 1. The number of hydrogen-bond donors (Lipinski definition) is 2. The minimum absolute atomic E-state index is 0.0374. The van der Waals surface area contributed by atoms with E-state index in [-0.39, 0.29) is 55.5 Å². The Hall–Kier alpha value is -2.88. The molecule has 4 unspecified atom stereocenters. The van der Waals surface area contributed by atoms with Gasteiger partial charge in [0.2, 0.25) is 5.89 Å². The van der Waals surface area contributed by atoms with Crippen LogP contribution >= 0.6 is 0 Å². The van der Waals surface area contributed by atoms with Gasteiger partial charge in [0.15, 0.2) is 5.69 Å². The van der Waals surface area contributed by atoms with Gasteiger partial charge in [-0.1, -0.05) is 24.3 Å². The third kappa shape index (κ3) is 6.42. The molecule has 2 aliphatic heterocycles. The first-order chi connectivity index (χ1) is 16.7. The lowest BCUT2D eigenvalue weighted by Gasteiger charge is -2.26. The maximum absolute atomic E-state index is 12.4. The Morgan fingerprint density at radius 1 is 1.11 bits per heavy atom. The van der Waals surface area contributed by atoms with E-state index in [9.17, 15) is 22.8 Å². The van der Waals surface area contributed by atoms with Crippen molar-refractivity contribution in [1.29, 1.82) is 0 Å². The van der Waals surface area contributed by atoms with E-state index in [1.54, 1.807) is 0 Å². The van der Waals surface area contributed by atoms with Crippen molar-refractivity contribution < 1.29 is 37.0 Å². The fourth-order valence-corrected chi connectivity index (χ4v) is 5.16. The first-order valence-corrected chi connectivity index (χ1v) is 12.0. The Labute approximate surface area is 201 Å². The van der Waals surface area contributed by atoms with Crippen molar-refractivity contribution >= 4 is 11.9 Å². The molecule has 4 atom stereocenters. The molecule has 0 saturated carbocycles. The van der Waals surface area contributed by atoms with Crippen molar-refractivity contribution in [3.05, 3.63) is 53.2 Å². The molecule has 1 aromatic carbocycles. The van der Waals surface area contributed by atoms with E-state index < -0.39 is 24.5 Å². The van der Waals surface area contributed by atoms with Crippen molar-refractivity contribution in [2.75, 3.05) is 6.54 Å². The number of aliphatic carboxylic acids is 1. The molecule has 0 spiro atoms. The molecule has 2 fully saturated rings. The summed E-state index contributed by atoms with van der Waals surface area (Å²) in [5, 5.41) is 11.7. The largest absolute Gasteiger partial charge is 0.481 e. The monoisotopic (exact) mass is 494 g/mol. The van der Waals surface area contributed by atoms with Gasteiger partial charge in [-0.2, -0.15) is 13.2 Å². The maximum atomic E-state index is 12.4. The number of fused-ring (bicyclic) bond motifs is 2. The summed E-state index contributed by atoms with van der Waals surface area (Å²) < 4.78 is 48.6. The Morgan fingerprint density at radius 3 is 2.60 bits per heavy atom. The predicted octanol–water partition coefficient (Wildman–Crippen LogP) is 4.66. The lowest BCUT2D eigenvalue weighted by Crippen LogP contribution is -2.28. The Morgan fingerprint density at radius 2 is 1.86 bits per heavy atom. The molecule has 2 saturated heterocycles. The molecule has 4 rings (SSSR count). The van der Waals surface area contributed by atoms with E-state index >= 15 is 0 Å². The zero-order valence-electron chi connectivity index (χ0n) is 19.2. The van der Waals surface area contributed by atoms with Crippen LogP contribution in [0.2, 0.25) is 0 Å². The van der Waals surface area contributed by atoms with Crippen LogP contribution in [0.3, 0.4) is 0 Å². The summed E-state index contributed by atoms with van der Waals surface area (Å²) in [4.78, 5) is 27.9. The zero-order valence-corrected chi connectivity index (χ0v) is 19.2. The number of benzene rings is 1. The number of rotatable bonds is 11. The predicted molar refractivity (Wildman–Crippen MR) is 119 cm³/mol. The molecule has 1 amide bonds. The SMILES string of the molecule is O=C(O)CCc1ccccc1CC1C2CCC(O2)C1c1nc(C(=O)NCCCCC(F)(F)F)co1. The van der Waals surface area contributed by atoms with Gasteiger partial charge in [-0.15, -0.1) is 0 Å². The molecule has 7 nitrogen and oxygen atoms in total. The Kier molecular flexibility index (Phi) is 7.78. The molecule has 190 valence electrons. The summed E-state index contributed by atoms with van der Waals surface area (Å²) in [6, 6.07) is 7.79. The van der Waals surface area contributed by atoms with Gasteiger partial charge in [0.25, 0.3) is 5.91 Å². The van der Waals surface area contributed by atoms with Crippen molar-refractivity contribution in [1.82, 2.24) is 10.3 Å². The lowest BCUT2D eigenvalue weighted by molar-refractivity contribution is -0.137. The van der Waals surface area contributed by atoms with Crippen molar-refractivity contribution in [2.24, 2.45) is 5.92 Å². The van der Waals surface area contributed by atoms with Crippen LogP contribution in [-0.2, 0) is 22.4 Å². The summed E-state index contributed by atoms with van der Waals surface area (Å²) in [6.45, 7) is 0.129. The number of oxazole rings is 1. The molecule has 0 aliphatic carbocycles. The molecule has 1 aromatic heterocycles. The van der Waals surface area contributed by atoms with Gasteiger partial charge < -0.3 is 19.6 Å². The summed E-state index contributed by atoms with van der Waals surface area (Å²) in [5.74, 6) is -0.947. The summed E-state index contributed by atoms with van der Waals surface area (Å²) in [6.07, 6.45) is -0.649. The molecule has 2 aliphatic rings. The number of unbranched alkanes of at least 4 members (excludes halogenated alkanes) is 1. The van der Waals surface area contributed by atoms with Crippen LogP contribution in [0, 0.1) is 5.92 Å². The van der Waals surface area contributed by atoms with Crippen LogP contribution in [-0.4, -0.2) is 46.9 Å². The van der Waals surface area contributed by atoms with Crippen molar-refractivity contribution in [2.45, 2.75) is 75.7 Å². The van der Waals surface area contributed by atoms with E-state index in [2.05, 4.69) is 10.3 Å². The van der Waals surface area contributed by atoms with Crippen LogP contribution in [0.15, 0.2) is 34.9 Å². The minimum Gasteiger partial charge on any atom is -0.481 e. The van der Waals surface area contributed by atoms with Crippen molar-refractivity contribution in [3.8, 4) is 0 Å². The van der Waals surface area contributed by atoms with Crippen LogP contribution in [0.4, 0.5) is 13.2 Å². The number of carbonyl (C=O) groups excluding carboxylic acids is 1. The quantitative estimate of drug-likeness (QED) is 0.441. The molecular formula is C25H29F3N2O5. The highest BCUT2D eigenvalue weighted by Gasteiger charge is 2.51. The number of hydrogen-bond acceptors (Lipinski definition) is 5. The minimum atomic E-state index is -4.19. The number of halogens is 3. The fourth-order valence-electron chi connectivity index (χ4n) is 5.16. The molecule has 2 aromatic rings. The highest BCUT2D eigenvalue weighted by atomic mass is 19.4. The molecule has 35 heavy (non-hydrogen) atoms. The standard InChI is InChI=1S/C25H29F3N2O5/c26-25(27,28)11-3-4-12-29-23(33)18-14-34-24(30-18)22-17(19-8-9-20(22)35-19)13-16-6-2-1-5-15(16)7-10-21(31)32/h1-2,5-6,14,17,19-20,22H,3-4,7-13H2,(H,29,33)(H,31,32). The number of nitrogens with one attached hydrogen (secondary N) is 1. The van der Waals surface area contributed by atoms with Crippen LogP contribution in [0.25, 0.3) is 0 Å². The molecule has 2 bridgehead atoms. The van der Waals surface area contributed by atoms with E-state index in [0.29, 0.717) is 18.7 Å². The molecule has 2 N–H and O–H groups in total. The highest BCUT2D eigenvalue weighted by molar-refractivity contribution is 5.91. The third-order valence-corrected chi connectivity index (χ3v) is 6.82. The second-order valence-electron chi connectivity index (χ2n) is 9.25. The lowest BCUT2D eigenvalue weighted by atomic mass is 9.75. The van der Waals surface area contributed by atoms with Crippen molar-refractivity contribution in [3.63, 3.8) is 0 Å². The first-order valence-electron chi connectivity index (χ1n) is 12.0. The summed E-state index contributed by atoms with van der Waals surface area (Å²) >= 11 is 0. The van der Waals surface area contributed by atoms with Gasteiger partial charge in [-0.3, -0.25) is 9.59 Å². The summed E-state index contributed by atoms with van der Waals surface area (Å²) in [5.41, 5.74) is 2.16. The summed E-state index contributed by atoms with van der Waals surface area (Å²) in [7, 11) is 0. The number of nitrogens with zero attached hydrogens (tertiary/aromatic N) is 1. The third-order valence-electron chi connectivity index (χ3n) is 6.82. The first kappa shape index (κ1) is 25.2. The van der Waals surface area contributed by atoms with E-state index in [1.165, 1.54) is 6.26 Å². The molecule has 3 heterocycles. The number of alkyl halides is 3. The average molecular weight is 495 g/mol. The van der Waals surface area contributed by atoms with Gasteiger partial charge in [0.05, 0.1) is 18.1 Å². The van der Waals surface area contributed by atoms with E-state index in [0.717, 1.165) is 24.0 Å². The smallest absolute Gasteiger partial charge is 0.389 e. The van der Waals surface area contributed by atoms with Crippen LogP contribution < -0.4 is 5.32 Å². The van der Waals surface area contributed by atoms with Gasteiger partial charge in [-0.25, -0.2) is 4.98 Å². The van der Waals surface area contributed by atoms with E-state index in [1.807, 2.05) is 24.3 Å². The molecule has 0 radical (unpaired) electrons. The number of amides is 1. The Balaban J connectivity index is 1.40. The van der Waals surface area contributed by atoms with E-state index in [4.69, 9.17) is 14.3 Å². The average Bonchev–Trinajstić information content (AvgIpc) is 3.54. The van der Waals surface area contributed by atoms with Crippen LogP contribution in [0.1, 0.15) is 71.9 Å². The molecule has 10 heteroatoms. The molecular weight excluding hydrogens is 465 g/mol. The Bertz CT molecular complexity index is 1040. The second-order valence-corrected chi connectivity index (χ2v) is 9.25. The number of aromatic nitrogens is 1. The zero-order chi connectivity index (χ0) is 25.0. The normalized spacial score (nSPS) is 23.5. The fraction of sp³-hybridized carbons (Fsp3) is 0.560. The number of carbonyl (C=O) groups is 2. The second kappa shape index (κ2) is 10.8. The van der Waals surface area contributed by atoms with Gasteiger partial charge >= 0.3 is 12.1 Å². The van der Waals surface area contributed by atoms with Crippen LogP contribution in [0.5, 0.6) is 0 Å². The number of carboxylic acids is 1. The number of ether oxygens (including phenoxy) is 1. The number of carboxylic acid groups (broad SMARTS) is 1. The van der Waals surface area contributed by atoms with Gasteiger partial charge in [-0.05, 0) is 49.7 Å². The topological polar surface area (TPSA) is 102 Å². The highest BCUT2D eigenvalue weighted by Crippen LogP contribution is 2.50. The van der Waals surface area contributed by atoms with Gasteiger partial charge in [0, 0.05) is 25.3 Å².